The Balaban J connectivity index is 2.37. The predicted molar refractivity (Wildman–Crippen MR) is 60.6 cm³/mol. The average Bonchev–Trinajstić information content (AvgIpc) is 2.75. The van der Waals surface area contributed by atoms with Crippen molar-refractivity contribution in [2.24, 2.45) is 7.05 Å². The van der Waals surface area contributed by atoms with E-state index in [1.54, 1.807) is 37.0 Å². The number of aromatic nitrogens is 4. The van der Waals surface area contributed by atoms with E-state index in [1.807, 2.05) is 0 Å². The fraction of sp³-hybridized carbons (Fsp3) is 0.200. The number of aryl methyl sites for hydroxylation is 1. The summed E-state index contributed by atoms with van der Waals surface area (Å²) in [6, 6.07) is 7.37. The van der Waals surface area contributed by atoms with Crippen LogP contribution in [-0.2, 0) is 7.05 Å². The van der Waals surface area contributed by atoms with Gasteiger partial charge in [0.05, 0.1) is 12.7 Å². The molecule has 0 aliphatic heterocycles. The Kier molecular flexibility index (Phi) is 3.25. The van der Waals surface area contributed by atoms with Gasteiger partial charge in [0.25, 0.3) is 0 Å². The van der Waals surface area contributed by atoms with Gasteiger partial charge in [-0.1, -0.05) is 0 Å². The molecule has 0 aliphatic carbocycles. The standard InChI is InChI=1S/C10H9N5OS/c1-15-10(12-13-14-15)17-9-5-8(16-2)4-3-7(9)6-11/h3-5H,1-2H3. The number of benzene rings is 1. The molecule has 0 N–H and O–H groups in total. The maximum absolute atomic E-state index is 9.02. The van der Waals surface area contributed by atoms with Crippen LogP contribution in [0.3, 0.4) is 0 Å². The lowest BCUT2D eigenvalue weighted by atomic mass is 10.2. The van der Waals surface area contributed by atoms with E-state index in [0.29, 0.717) is 16.5 Å². The summed E-state index contributed by atoms with van der Waals surface area (Å²) in [6.07, 6.45) is 0. The van der Waals surface area contributed by atoms with Crippen molar-refractivity contribution < 1.29 is 4.74 Å². The number of tetrazole rings is 1. The summed E-state index contributed by atoms with van der Waals surface area (Å²) < 4.78 is 6.67. The van der Waals surface area contributed by atoms with Crippen LogP contribution in [0.15, 0.2) is 28.3 Å². The summed E-state index contributed by atoms with van der Waals surface area (Å²) in [6.45, 7) is 0. The molecule has 1 aromatic heterocycles. The normalized spacial score (nSPS) is 9.94. The van der Waals surface area contributed by atoms with Crippen LogP contribution in [0.5, 0.6) is 5.75 Å². The zero-order valence-corrected chi connectivity index (χ0v) is 10.1. The highest BCUT2D eigenvalue weighted by Gasteiger charge is 2.10. The maximum Gasteiger partial charge on any atom is 0.213 e. The Hall–Kier alpha value is -2.07. The summed E-state index contributed by atoms with van der Waals surface area (Å²) in [5, 5.41) is 20.8. The first-order valence-electron chi connectivity index (χ1n) is 4.73. The van der Waals surface area contributed by atoms with Crippen LogP contribution in [-0.4, -0.2) is 27.3 Å². The molecular weight excluding hydrogens is 238 g/mol. The SMILES string of the molecule is COc1ccc(C#N)c(Sc2nnnn2C)c1. The van der Waals surface area contributed by atoms with Gasteiger partial charge in [0, 0.05) is 11.9 Å². The lowest BCUT2D eigenvalue weighted by Gasteiger charge is -2.05. The first kappa shape index (κ1) is 11.4. The molecular formula is C10H9N5OS. The van der Waals surface area contributed by atoms with Gasteiger partial charge < -0.3 is 4.74 Å². The molecule has 0 spiro atoms. The molecule has 0 saturated carbocycles. The van der Waals surface area contributed by atoms with Crippen molar-refractivity contribution in [3.8, 4) is 11.8 Å². The van der Waals surface area contributed by atoms with Crippen molar-refractivity contribution in [1.82, 2.24) is 20.2 Å². The maximum atomic E-state index is 9.02. The number of ether oxygens (including phenoxy) is 1. The van der Waals surface area contributed by atoms with Gasteiger partial charge in [-0.3, -0.25) is 0 Å². The minimum atomic E-state index is 0.568. The lowest BCUT2D eigenvalue weighted by molar-refractivity contribution is 0.413. The second-order valence-electron chi connectivity index (χ2n) is 3.16. The van der Waals surface area contributed by atoms with E-state index in [-0.39, 0.29) is 0 Å². The van der Waals surface area contributed by atoms with E-state index in [9.17, 15) is 0 Å². The van der Waals surface area contributed by atoms with E-state index in [0.717, 1.165) is 4.90 Å². The highest BCUT2D eigenvalue weighted by molar-refractivity contribution is 7.99. The first-order chi connectivity index (χ1) is 8.24. The smallest absolute Gasteiger partial charge is 0.213 e. The van der Waals surface area contributed by atoms with Gasteiger partial charge in [0.15, 0.2) is 0 Å². The van der Waals surface area contributed by atoms with Gasteiger partial charge in [0.2, 0.25) is 5.16 Å². The number of nitrogens with zero attached hydrogens (tertiary/aromatic N) is 5. The Bertz CT molecular complexity index is 574. The molecule has 0 amide bonds. The molecule has 0 radical (unpaired) electrons. The van der Waals surface area contributed by atoms with Gasteiger partial charge in [-0.15, -0.1) is 5.10 Å². The van der Waals surface area contributed by atoms with Crippen LogP contribution < -0.4 is 4.74 Å². The molecule has 0 fully saturated rings. The summed E-state index contributed by atoms with van der Waals surface area (Å²) >= 11 is 1.33. The predicted octanol–water partition coefficient (Wildman–Crippen LogP) is 1.24. The molecule has 0 atom stereocenters. The fourth-order valence-electron chi connectivity index (χ4n) is 1.21. The highest BCUT2D eigenvalue weighted by atomic mass is 32.2. The second-order valence-corrected chi connectivity index (χ2v) is 4.17. The lowest BCUT2D eigenvalue weighted by Crippen LogP contribution is -1.94. The topological polar surface area (TPSA) is 76.6 Å². The molecule has 0 bridgehead atoms. The minimum absolute atomic E-state index is 0.568. The molecule has 86 valence electrons. The molecule has 0 saturated heterocycles. The van der Waals surface area contributed by atoms with E-state index in [4.69, 9.17) is 10.00 Å². The van der Waals surface area contributed by atoms with Gasteiger partial charge in [-0.2, -0.15) is 5.26 Å². The van der Waals surface area contributed by atoms with Crippen molar-refractivity contribution in [2.75, 3.05) is 7.11 Å². The van der Waals surface area contributed by atoms with E-state index in [2.05, 4.69) is 21.6 Å². The van der Waals surface area contributed by atoms with Gasteiger partial charge in [-0.25, -0.2) is 4.68 Å². The average molecular weight is 247 g/mol. The Morgan fingerprint density at radius 3 is 2.88 bits per heavy atom. The van der Waals surface area contributed by atoms with Crippen molar-refractivity contribution in [2.45, 2.75) is 10.1 Å². The quantitative estimate of drug-likeness (QED) is 0.812. The monoisotopic (exact) mass is 247 g/mol. The highest BCUT2D eigenvalue weighted by Crippen LogP contribution is 2.30. The fourth-order valence-corrected chi connectivity index (χ4v) is 2.05. The zero-order valence-electron chi connectivity index (χ0n) is 9.28. The molecule has 7 heteroatoms. The third kappa shape index (κ3) is 2.37. The van der Waals surface area contributed by atoms with E-state index >= 15 is 0 Å². The number of hydrogen-bond donors (Lipinski definition) is 0. The van der Waals surface area contributed by atoms with Gasteiger partial charge in [-0.05, 0) is 40.4 Å². The molecule has 0 aliphatic rings. The molecule has 6 nitrogen and oxygen atoms in total. The van der Waals surface area contributed by atoms with E-state index < -0.39 is 0 Å². The number of methoxy groups -OCH3 is 1. The van der Waals surface area contributed by atoms with Crippen molar-refractivity contribution in [1.29, 1.82) is 5.26 Å². The Morgan fingerprint density at radius 1 is 1.47 bits per heavy atom. The van der Waals surface area contributed by atoms with Crippen LogP contribution in [0.4, 0.5) is 0 Å². The largest absolute Gasteiger partial charge is 0.497 e. The van der Waals surface area contributed by atoms with Crippen LogP contribution >= 0.6 is 11.8 Å². The van der Waals surface area contributed by atoms with Crippen LogP contribution in [0.1, 0.15) is 5.56 Å². The molecule has 17 heavy (non-hydrogen) atoms. The number of nitriles is 1. The Labute approximate surface area is 102 Å². The number of rotatable bonds is 3. The molecule has 1 aromatic carbocycles. The minimum Gasteiger partial charge on any atom is -0.497 e. The first-order valence-corrected chi connectivity index (χ1v) is 5.54. The van der Waals surface area contributed by atoms with Crippen LogP contribution in [0.25, 0.3) is 0 Å². The third-order valence-electron chi connectivity index (χ3n) is 2.09. The Morgan fingerprint density at radius 2 is 2.29 bits per heavy atom. The second kappa shape index (κ2) is 4.84. The molecule has 1 heterocycles. The van der Waals surface area contributed by atoms with Crippen LogP contribution in [0.2, 0.25) is 0 Å². The third-order valence-corrected chi connectivity index (χ3v) is 3.18. The van der Waals surface area contributed by atoms with Crippen molar-refractivity contribution >= 4 is 11.8 Å². The summed E-state index contributed by atoms with van der Waals surface area (Å²) in [4.78, 5) is 0.768. The van der Waals surface area contributed by atoms with E-state index in [1.165, 1.54) is 11.8 Å². The molecule has 0 unspecified atom stereocenters. The van der Waals surface area contributed by atoms with Gasteiger partial charge >= 0.3 is 0 Å². The van der Waals surface area contributed by atoms with Crippen molar-refractivity contribution in [3.05, 3.63) is 23.8 Å². The van der Waals surface area contributed by atoms with Gasteiger partial charge in [0.1, 0.15) is 11.8 Å². The van der Waals surface area contributed by atoms with Crippen molar-refractivity contribution in [3.63, 3.8) is 0 Å². The zero-order chi connectivity index (χ0) is 12.3. The van der Waals surface area contributed by atoms with Crippen LogP contribution in [0, 0.1) is 11.3 Å². The summed E-state index contributed by atoms with van der Waals surface area (Å²) in [5.41, 5.74) is 0.568. The molecule has 2 rings (SSSR count). The summed E-state index contributed by atoms with van der Waals surface area (Å²) in [7, 11) is 3.33. The molecule has 2 aromatic rings. The summed E-state index contributed by atoms with van der Waals surface area (Å²) in [5.74, 6) is 0.696. The number of hydrogen-bond acceptors (Lipinski definition) is 6.